The lowest BCUT2D eigenvalue weighted by Crippen LogP contribution is -1.99. The normalized spacial score (nSPS) is 10.8. The number of aryl methyl sites for hydroxylation is 2. The summed E-state index contributed by atoms with van der Waals surface area (Å²) in [5, 5.41) is 10.1. The summed E-state index contributed by atoms with van der Waals surface area (Å²) >= 11 is 0. The van der Waals surface area contributed by atoms with E-state index >= 15 is 0 Å². The third kappa shape index (κ3) is 1.61. The third-order valence-electron chi connectivity index (χ3n) is 2.56. The van der Waals surface area contributed by atoms with Gasteiger partial charge in [0.1, 0.15) is 0 Å². The number of nitrogens with one attached hydrogen (secondary N) is 1. The molecule has 3 heteroatoms. The van der Waals surface area contributed by atoms with Crippen molar-refractivity contribution in [3.8, 4) is 0 Å². The van der Waals surface area contributed by atoms with E-state index in [1.54, 1.807) is 6.07 Å². The van der Waals surface area contributed by atoms with Crippen LogP contribution in [0.25, 0.3) is 10.9 Å². The first-order chi connectivity index (χ1) is 7.11. The minimum atomic E-state index is -0.878. The van der Waals surface area contributed by atoms with Crippen LogP contribution in [0.1, 0.15) is 28.5 Å². The second kappa shape index (κ2) is 3.42. The molecule has 0 bridgehead atoms. The van der Waals surface area contributed by atoms with Gasteiger partial charge in [-0.15, -0.1) is 0 Å². The number of aromatic nitrogens is 1. The molecule has 2 aromatic rings. The molecule has 0 aliphatic heterocycles. The van der Waals surface area contributed by atoms with Crippen LogP contribution in [-0.2, 0) is 6.42 Å². The van der Waals surface area contributed by atoms with Gasteiger partial charge in [-0.1, -0.05) is 6.92 Å². The number of benzene rings is 1. The van der Waals surface area contributed by atoms with Crippen LogP contribution in [0.4, 0.5) is 0 Å². The standard InChI is InChI=1S/C12H13NO2/c1-3-8-5-9-4-7(2)13-11(9)10(6-8)12(14)15/h4-6,13H,3H2,1-2H3,(H,14,15). The van der Waals surface area contributed by atoms with Crippen molar-refractivity contribution in [2.45, 2.75) is 20.3 Å². The van der Waals surface area contributed by atoms with Crippen LogP contribution in [0.15, 0.2) is 18.2 Å². The molecular weight excluding hydrogens is 190 g/mol. The smallest absolute Gasteiger partial charge is 0.337 e. The summed E-state index contributed by atoms with van der Waals surface area (Å²) in [5.41, 5.74) is 3.12. The molecule has 0 aliphatic rings. The minimum absolute atomic E-state index is 0.359. The Bertz CT molecular complexity index is 526. The number of carbonyl (C=O) groups is 1. The number of hydrogen-bond acceptors (Lipinski definition) is 1. The maximum Gasteiger partial charge on any atom is 0.337 e. The molecule has 2 N–H and O–H groups in total. The molecule has 0 spiro atoms. The number of carboxylic acids is 1. The largest absolute Gasteiger partial charge is 0.478 e. The van der Waals surface area contributed by atoms with Crippen LogP contribution in [0, 0.1) is 6.92 Å². The van der Waals surface area contributed by atoms with Crippen molar-refractivity contribution in [1.82, 2.24) is 4.98 Å². The van der Waals surface area contributed by atoms with Crippen LogP contribution in [0.5, 0.6) is 0 Å². The molecule has 0 radical (unpaired) electrons. The first kappa shape index (κ1) is 9.77. The molecule has 1 aromatic heterocycles. The molecule has 0 saturated carbocycles. The van der Waals surface area contributed by atoms with Crippen LogP contribution in [0.2, 0.25) is 0 Å². The molecule has 0 unspecified atom stereocenters. The number of aromatic carboxylic acids is 1. The van der Waals surface area contributed by atoms with Gasteiger partial charge in [-0.25, -0.2) is 4.79 Å². The van der Waals surface area contributed by atoms with E-state index in [1.807, 2.05) is 26.0 Å². The number of hydrogen-bond donors (Lipinski definition) is 2. The maximum absolute atomic E-state index is 11.1. The number of carboxylic acid groups (broad SMARTS) is 1. The molecular formula is C12H13NO2. The molecule has 2 rings (SSSR count). The Hall–Kier alpha value is -1.77. The van der Waals surface area contributed by atoms with Gasteiger partial charge in [0.2, 0.25) is 0 Å². The summed E-state index contributed by atoms with van der Waals surface area (Å²) in [4.78, 5) is 14.2. The average molecular weight is 203 g/mol. The summed E-state index contributed by atoms with van der Waals surface area (Å²) < 4.78 is 0. The minimum Gasteiger partial charge on any atom is -0.478 e. The summed E-state index contributed by atoms with van der Waals surface area (Å²) in [5.74, 6) is -0.878. The van der Waals surface area contributed by atoms with Crippen LogP contribution in [-0.4, -0.2) is 16.1 Å². The van der Waals surface area contributed by atoms with Crippen LogP contribution >= 0.6 is 0 Å². The fourth-order valence-electron chi connectivity index (χ4n) is 1.82. The Morgan fingerprint density at radius 2 is 2.13 bits per heavy atom. The monoisotopic (exact) mass is 203 g/mol. The Balaban J connectivity index is 2.79. The second-order valence-corrected chi connectivity index (χ2v) is 3.72. The van der Waals surface area contributed by atoms with E-state index in [9.17, 15) is 4.79 Å². The Morgan fingerprint density at radius 3 is 2.73 bits per heavy atom. The lowest BCUT2D eigenvalue weighted by Gasteiger charge is -2.01. The second-order valence-electron chi connectivity index (χ2n) is 3.72. The zero-order valence-electron chi connectivity index (χ0n) is 8.79. The van der Waals surface area contributed by atoms with Crippen molar-refractivity contribution in [2.75, 3.05) is 0 Å². The zero-order valence-corrected chi connectivity index (χ0v) is 8.79. The van der Waals surface area contributed by atoms with E-state index in [4.69, 9.17) is 5.11 Å². The molecule has 0 aliphatic carbocycles. The number of aromatic amines is 1. The topological polar surface area (TPSA) is 53.1 Å². The Labute approximate surface area is 87.7 Å². The molecule has 15 heavy (non-hydrogen) atoms. The molecule has 78 valence electrons. The lowest BCUT2D eigenvalue weighted by molar-refractivity contribution is 0.0698. The number of H-pyrrole nitrogens is 1. The first-order valence-corrected chi connectivity index (χ1v) is 4.97. The molecule has 3 nitrogen and oxygen atoms in total. The van der Waals surface area contributed by atoms with Gasteiger partial charge in [0.25, 0.3) is 0 Å². The fourth-order valence-corrected chi connectivity index (χ4v) is 1.82. The van der Waals surface area contributed by atoms with Gasteiger partial charge in [-0.05, 0) is 37.1 Å². The molecule has 0 atom stereocenters. The lowest BCUT2D eigenvalue weighted by atomic mass is 10.1. The zero-order chi connectivity index (χ0) is 11.0. The van der Waals surface area contributed by atoms with Crippen molar-refractivity contribution in [2.24, 2.45) is 0 Å². The Kier molecular flexibility index (Phi) is 2.23. The van der Waals surface area contributed by atoms with Gasteiger partial charge in [0.05, 0.1) is 11.1 Å². The highest BCUT2D eigenvalue weighted by Gasteiger charge is 2.11. The van der Waals surface area contributed by atoms with Crippen molar-refractivity contribution >= 4 is 16.9 Å². The highest BCUT2D eigenvalue weighted by Crippen LogP contribution is 2.22. The molecule has 0 amide bonds. The summed E-state index contributed by atoms with van der Waals surface area (Å²) in [7, 11) is 0. The van der Waals surface area contributed by atoms with Gasteiger partial charge in [-0.3, -0.25) is 0 Å². The van der Waals surface area contributed by atoms with E-state index in [-0.39, 0.29) is 0 Å². The number of rotatable bonds is 2. The summed E-state index contributed by atoms with van der Waals surface area (Å²) in [6.07, 6.45) is 0.848. The van der Waals surface area contributed by atoms with Gasteiger partial charge in [0.15, 0.2) is 0 Å². The predicted octanol–water partition coefficient (Wildman–Crippen LogP) is 2.74. The van der Waals surface area contributed by atoms with Gasteiger partial charge >= 0.3 is 5.97 Å². The van der Waals surface area contributed by atoms with Gasteiger partial charge in [-0.2, -0.15) is 0 Å². The number of fused-ring (bicyclic) bond motifs is 1. The van der Waals surface area contributed by atoms with Crippen molar-refractivity contribution in [1.29, 1.82) is 0 Å². The van der Waals surface area contributed by atoms with Crippen molar-refractivity contribution in [3.05, 3.63) is 35.0 Å². The quantitative estimate of drug-likeness (QED) is 0.788. The Morgan fingerprint density at radius 1 is 1.40 bits per heavy atom. The van der Waals surface area contributed by atoms with Crippen LogP contribution in [0.3, 0.4) is 0 Å². The van der Waals surface area contributed by atoms with Gasteiger partial charge in [0, 0.05) is 11.1 Å². The van der Waals surface area contributed by atoms with E-state index < -0.39 is 5.97 Å². The van der Waals surface area contributed by atoms with E-state index in [0.717, 1.165) is 28.6 Å². The molecule has 0 saturated heterocycles. The van der Waals surface area contributed by atoms with Gasteiger partial charge < -0.3 is 10.1 Å². The first-order valence-electron chi connectivity index (χ1n) is 4.97. The SMILES string of the molecule is CCc1cc(C(=O)O)c2[nH]c(C)cc2c1. The predicted molar refractivity (Wildman–Crippen MR) is 59.4 cm³/mol. The van der Waals surface area contributed by atoms with Crippen molar-refractivity contribution in [3.63, 3.8) is 0 Å². The highest BCUT2D eigenvalue weighted by atomic mass is 16.4. The molecule has 1 heterocycles. The fraction of sp³-hybridized carbons (Fsp3) is 0.250. The third-order valence-corrected chi connectivity index (χ3v) is 2.56. The van der Waals surface area contributed by atoms with Crippen LogP contribution < -0.4 is 0 Å². The molecule has 0 fully saturated rings. The highest BCUT2D eigenvalue weighted by molar-refractivity contribution is 6.02. The summed E-state index contributed by atoms with van der Waals surface area (Å²) in [6.45, 7) is 3.95. The van der Waals surface area contributed by atoms with E-state index in [1.165, 1.54) is 0 Å². The average Bonchev–Trinajstić information content (AvgIpc) is 2.55. The molecule has 1 aromatic carbocycles. The maximum atomic E-state index is 11.1. The summed E-state index contributed by atoms with van der Waals surface area (Å²) in [6, 6.07) is 5.74. The van der Waals surface area contributed by atoms with Crippen molar-refractivity contribution < 1.29 is 9.90 Å². The van der Waals surface area contributed by atoms with E-state index in [0.29, 0.717) is 5.56 Å². The van der Waals surface area contributed by atoms with E-state index in [2.05, 4.69) is 4.98 Å².